The summed E-state index contributed by atoms with van der Waals surface area (Å²) in [6, 6.07) is 16.2. The van der Waals surface area contributed by atoms with E-state index in [2.05, 4.69) is 41.6 Å². The van der Waals surface area contributed by atoms with Crippen molar-refractivity contribution in [3.63, 3.8) is 0 Å². The van der Waals surface area contributed by atoms with Crippen LogP contribution in [0.2, 0.25) is 0 Å². The van der Waals surface area contributed by atoms with Gasteiger partial charge in [0.25, 0.3) is 0 Å². The summed E-state index contributed by atoms with van der Waals surface area (Å²) in [6.07, 6.45) is 0.0495. The molecule has 1 unspecified atom stereocenters. The van der Waals surface area contributed by atoms with Gasteiger partial charge in [0.2, 0.25) is 0 Å². The Morgan fingerprint density at radius 2 is 1.79 bits per heavy atom. The fourth-order valence-electron chi connectivity index (χ4n) is 2.19. The summed E-state index contributed by atoms with van der Waals surface area (Å²) in [7, 11) is 0. The highest BCUT2D eigenvalue weighted by Gasteiger charge is 2.10. The molecule has 1 N–H and O–H groups in total. The van der Waals surface area contributed by atoms with Crippen LogP contribution in [0.4, 0.5) is 5.69 Å². The summed E-state index contributed by atoms with van der Waals surface area (Å²) in [5.74, 6) is 0. The second kappa shape index (κ2) is 4.72. The summed E-state index contributed by atoms with van der Waals surface area (Å²) in [6.45, 7) is 4.17. The van der Waals surface area contributed by atoms with Crippen molar-refractivity contribution >= 4 is 16.7 Å². The topological polar surface area (TPSA) is 42.7 Å². The Morgan fingerprint density at radius 3 is 2.63 bits per heavy atom. The Labute approximate surface area is 112 Å². The molecule has 1 atom stereocenters. The Kier molecular flexibility index (Phi) is 2.91. The van der Waals surface area contributed by atoms with Gasteiger partial charge in [0, 0.05) is 5.69 Å². The molecular weight excluding hydrogens is 236 g/mol. The summed E-state index contributed by atoms with van der Waals surface area (Å²) in [5.41, 5.74) is 4.30. The fourth-order valence-corrected chi connectivity index (χ4v) is 2.19. The van der Waals surface area contributed by atoms with Crippen molar-refractivity contribution in [2.45, 2.75) is 20.0 Å². The van der Waals surface area contributed by atoms with Gasteiger partial charge in [-0.15, -0.1) is 5.10 Å². The molecule has 96 valence electrons. The molecule has 3 aromatic rings. The number of aromatic nitrogens is 3. The van der Waals surface area contributed by atoms with Gasteiger partial charge in [-0.25, -0.2) is 4.68 Å². The lowest BCUT2D eigenvalue weighted by molar-refractivity contribution is 0.541. The van der Waals surface area contributed by atoms with Crippen LogP contribution in [0.25, 0.3) is 11.0 Å². The van der Waals surface area contributed by atoms with Crippen LogP contribution in [0.1, 0.15) is 18.7 Å². The zero-order chi connectivity index (χ0) is 13.2. The quantitative estimate of drug-likeness (QED) is 0.777. The Bertz CT molecular complexity index is 702. The van der Waals surface area contributed by atoms with Gasteiger partial charge in [-0.05, 0) is 37.6 Å². The van der Waals surface area contributed by atoms with Crippen LogP contribution in [0.3, 0.4) is 0 Å². The van der Waals surface area contributed by atoms with Gasteiger partial charge >= 0.3 is 0 Å². The maximum Gasteiger partial charge on any atom is 0.120 e. The minimum atomic E-state index is 0.0495. The predicted octanol–water partition coefficient (Wildman–Crippen LogP) is 3.37. The van der Waals surface area contributed by atoms with Crippen LogP contribution < -0.4 is 5.32 Å². The van der Waals surface area contributed by atoms with Gasteiger partial charge in [0.15, 0.2) is 0 Å². The molecule has 1 heterocycles. The van der Waals surface area contributed by atoms with Crippen LogP contribution in [-0.4, -0.2) is 15.0 Å². The highest BCUT2D eigenvalue weighted by atomic mass is 15.5. The van der Waals surface area contributed by atoms with Crippen LogP contribution in [0, 0.1) is 6.92 Å². The average molecular weight is 252 g/mol. The Balaban J connectivity index is 1.92. The second-order valence-electron chi connectivity index (χ2n) is 4.66. The van der Waals surface area contributed by atoms with E-state index in [1.54, 1.807) is 0 Å². The molecule has 0 saturated heterocycles. The van der Waals surface area contributed by atoms with Crippen LogP contribution in [0.5, 0.6) is 0 Å². The highest BCUT2D eigenvalue weighted by Crippen LogP contribution is 2.20. The molecule has 0 aliphatic rings. The Hall–Kier alpha value is -2.36. The van der Waals surface area contributed by atoms with E-state index in [-0.39, 0.29) is 6.17 Å². The van der Waals surface area contributed by atoms with Crippen molar-refractivity contribution in [2.75, 3.05) is 5.32 Å². The predicted molar refractivity (Wildman–Crippen MR) is 77.0 cm³/mol. The largest absolute Gasteiger partial charge is 0.364 e. The highest BCUT2D eigenvalue weighted by molar-refractivity contribution is 5.74. The molecule has 0 fully saturated rings. The van der Waals surface area contributed by atoms with Crippen molar-refractivity contribution in [3.05, 3.63) is 54.1 Å². The van der Waals surface area contributed by atoms with Gasteiger partial charge in [0.1, 0.15) is 11.7 Å². The molecule has 0 bridgehead atoms. The first-order valence-electron chi connectivity index (χ1n) is 6.38. The first kappa shape index (κ1) is 11.7. The van der Waals surface area contributed by atoms with E-state index in [0.717, 1.165) is 16.7 Å². The van der Waals surface area contributed by atoms with Crippen molar-refractivity contribution in [2.24, 2.45) is 0 Å². The number of nitrogens with one attached hydrogen (secondary N) is 1. The standard InChI is InChI=1S/C15H16N4/c1-11-7-3-4-8-13(11)16-12(2)19-15-10-6-5-9-14(15)17-18-19/h3-10,12,16H,1-2H3. The third kappa shape index (κ3) is 2.17. The van der Waals surface area contributed by atoms with E-state index in [1.807, 2.05) is 41.1 Å². The maximum absolute atomic E-state index is 4.23. The molecular formula is C15H16N4. The molecule has 0 saturated carbocycles. The summed E-state index contributed by atoms with van der Waals surface area (Å²) < 4.78 is 1.90. The first-order valence-corrected chi connectivity index (χ1v) is 6.38. The third-order valence-corrected chi connectivity index (χ3v) is 3.25. The van der Waals surface area contributed by atoms with Gasteiger partial charge in [-0.2, -0.15) is 0 Å². The molecule has 2 aromatic carbocycles. The number of para-hydroxylation sites is 2. The van der Waals surface area contributed by atoms with Crippen molar-refractivity contribution in [1.29, 1.82) is 0 Å². The molecule has 0 spiro atoms. The maximum atomic E-state index is 4.23. The van der Waals surface area contributed by atoms with E-state index in [4.69, 9.17) is 0 Å². The van der Waals surface area contributed by atoms with E-state index >= 15 is 0 Å². The second-order valence-corrected chi connectivity index (χ2v) is 4.66. The number of fused-ring (bicyclic) bond motifs is 1. The summed E-state index contributed by atoms with van der Waals surface area (Å²) >= 11 is 0. The van der Waals surface area contributed by atoms with Crippen LogP contribution >= 0.6 is 0 Å². The number of hydrogen-bond acceptors (Lipinski definition) is 3. The zero-order valence-electron chi connectivity index (χ0n) is 11.0. The van der Waals surface area contributed by atoms with E-state index in [9.17, 15) is 0 Å². The minimum absolute atomic E-state index is 0.0495. The molecule has 19 heavy (non-hydrogen) atoms. The lowest BCUT2D eigenvalue weighted by atomic mass is 10.2. The molecule has 1 aromatic heterocycles. The van der Waals surface area contributed by atoms with Crippen molar-refractivity contribution in [3.8, 4) is 0 Å². The van der Waals surface area contributed by atoms with Gasteiger partial charge < -0.3 is 5.32 Å². The van der Waals surface area contributed by atoms with Crippen LogP contribution in [-0.2, 0) is 0 Å². The molecule has 4 nitrogen and oxygen atoms in total. The van der Waals surface area contributed by atoms with E-state index in [0.29, 0.717) is 0 Å². The minimum Gasteiger partial charge on any atom is -0.364 e. The van der Waals surface area contributed by atoms with E-state index in [1.165, 1.54) is 5.56 Å². The average Bonchev–Trinajstić information content (AvgIpc) is 2.85. The summed E-state index contributed by atoms with van der Waals surface area (Å²) in [5, 5.41) is 11.9. The normalized spacial score (nSPS) is 12.5. The molecule has 0 aliphatic heterocycles. The van der Waals surface area contributed by atoms with E-state index < -0.39 is 0 Å². The van der Waals surface area contributed by atoms with Gasteiger partial charge in [-0.3, -0.25) is 0 Å². The number of benzene rings is 2. The number of aryl methyl sites for hydroxylation is 1. The fraction of sp³-hybridized carbons (Fsp3) is 0.200. The smallest absolute Gasteiger partial charge is 0.120 e. The zero-order valence-corrected chi connectivity index (χ0v) is 11.0. The van der Waals surface area contributed by atoms with Gasteiger partial charge in [0.05, 0.1) is 5.52 Å². The molecule has 3 rings (SSSR count). The Morgan fingerprint density at radius 1 is 1.05 bits per heavy atom. The molecule has 4 heteroatoms. The lowest BCUT2D eigenvalue weighted by Gasteiger charge is -2.17. The SMILES string of the molecule is Cc1ccccc1NC(C)n1nnc2ccccc21. The monoisotopic (exact) mass is 252 g/mol. The summed E-state index contributed by atoms with van der Waals surface area (Å²) in [4.78, 5) is 0. The van der Waals surface area contributed by atoms with Crippen molar-refractivity contribution in [1.82, 2.24) is 15.0 Å². The number of hydrogen-bond donors (Lipinski definition) is 1. The van der Waals surface area contributed by atoms with Crippen molar-refractivity contribution < 1.29 is 0 Å². The number of rotatable bonds is 3. The molecule has 0 amide bonds. The third-order valence-electron chi connectivity index (χ3n) is 3.25. The number of anilines is 1. The molecule has 0 aliphatic carbocycles. The lowest BCUT2D eigenvalue weighted by Crippen LogP contribution is -2.16. The molecule has 0 radical (unpaired) electrons. The first-order chi connectivity index (χ1) is 9.25. The van der Waals surface area contributed by atoms with Crippen LogP contribution in [0.15, 0.2) is 48.5 Å². The number of nitrogens with zero attached hydrogens (tertiary/aromatic N) is 3. The van der Waals surface area contributed by atoms with Gasteiger partial charge in [-0.1, -0.05) is 35.5 Å².